The maximum Gasteiger partial charge on any atom is 0.245 e. The number of carbonyl (C=O) groups is 1. The molecule has 3 N–H and O–H groups in total. The molecular formula is C14H18ClN3O2. The number of hydrogen-bond donors (Lipinski definition) is 2. The Balaban J connectivity index is 1.99. The molecule has 1 aromatic carbocycles. The molecule has 1 amide bonds. The fourth-order valence-corrected chi connectivity index (χ4v) is 3.11. The molecule has 0 bridgehead atoms. The van der Waals surface area contributed by atoms with Gasteiger partial charge in [-0.15, -0.1) is 0 Å². The van der Waals surface area contributed by atoms with Crippen molar-refractivity contribution in [3.05, 3.63) is 22.7 Å². The zero-order valence-electron chi connectivity index (χ0n) is 11.4. The summed E-state index contributed by atoms with van der Waals surface area (Å²) in [6.07, 6.45) is 0.985. The Kier molecular flexibility index (Phi) is 3.58. The minimum absolute atomic E-state index is 0.178. The van der Waals surface area contributed by atoms with Crippen LogP contribution in [-0.4, -0.2) is 31.7 Å². The number of anilines is 2. The molecule has 1 saturated heterocycles. The lowest BCUT2D eigenvalue weighted by molar-refractivity contribution is -0.116. The number of nitrogens with one attached hydrogen (secondary N) is 1. The van der Waals surface area contributed by atoms with Crippen molar-refractivity contribution in [2.24, 2.45) is 5.73 Å². The van der Waals surface area contributed by atoms with E-state index in [1.54, 1.807) is 6.07 Å². The van der Waals surface area contributed by atoms with Gasteiger partial charge in [0.25, 0.3) is 0 Å². The first-order valence-electron chi connectivity index (χ1n) is 6.86. The van der Waals surface area contributed by atoms with Crippen LogP contribution in [0.3, 0.4) is 0 Å². The zero-order valence-corrected chi connectivity index (χ0v) is 12.1. The van der Waals surface area contributed by atoms with Gasteiger partial charge in [0.1, 0.15) is 6.04 Å². The normalized spacial score (nSPS) is 25.6. The number of amides is 1. The van der Waals surface area contributed by atoms with E-state index in [9.17, 15) is 4.79 Å². The van der Waals surface area contributed by atoms with E-state index < -0.39 is 6.04 Å². The van der Waals surface area contributed by atoms with E-state index in [1.165, 1.54) is 0 Å². The molecule has 1 aromatic rings. The van der Waals surface area contributed by atoms with Gasteiger partial charge in [0.15, 0.2) is 0 Å². The van der Waals surface area contributed by atoms with E-state index in [2.05, 4.69) is 17.1 Å². The lowest BCUT2D eigenvalue weighted by Gasteiger charge is -2.37. The molecule has 0 spiro atoms. The quantitative estimate of drug-likeness (QED) is 0.874. The molecule has 3 rings (SSSR count). The Morgan fingerprint density at radius 3 is 3.10 bits per heavy atom. The fourth-order valence-electron chi connectivity index (χ4n) is 2.82. The molecule has 2 unspecified atom stereocenters. The van der Waals surface area contributed by atoms with Crippen LogP contribution in [0.4, 0.5) is 11.4 Å². The topological polar surface area (TPSA) is 67.6 Å². The Morgan fingerprint density at radius 1 is 1.55 bits per heavy atom. The number of halogens is 1. The largest absolute Gasteiger partial charge is 0.377 e. The van der Waals surface area contributed by atoms with Gasteiger partial charge in [-0.1, -0.05) is 18.5 Å². The van der Waals surface area contributed by atoms with Crippen molar-refractivity contribution in [1.29, 1.82) is 0 Å². The van der Waals surface area contributed by atoms with Gasteiger partial charge in [-0.3, -0.25) is 4.79 Å². The highest BCUT2D eigenvalue weighted by Crippen LogP contribution is 2.39. The number of rotatable bonds is 2. The molecule has 0 aromatic heterocycles. The molecular weight excluding hydrogens is 278 g/mol. The van der Waals surface area contributed by atoms with Gasteiger partial charge in [0, 0.05) is 17.8 Å². The van der Waals surface area contributed by atoms with Crippen molar-refractivity contribution in [3.63, 3.8) is 0 Å². The standard InChI is InChI=1S/C14H18ClN3O2/c1-2-8-7-20-4-3-18(8)12-6-11-9(5-10(12)15)13(16)14(19)17-11/h5-6,8,13H,2-4,7,16H2,1H3,(H,17,19). The Bertz CT molecular complexity index is 549. The second-order valence-electron chi connectivity index (χ2n) is 5.19. The number of morpholine rings is 1. The summed E-state index contributed by atoms with van der Waals surface area (Å²) >= 11 is 6.40. The summed E-state index contributed by atoms with van der Waals surface area (Å²) in [5.41, 5.74) is 8.31. The van der Waals surface area contributed by atoms with Gasteiger partial charge in [-0.2, -0.15) is 0 Å². The number of fused-ring (bicyclic) bond motifs is 1. The molecule has 0 saturated carbocycles. The van der Waals surface area contributed by atoms with Crippen LogP contribution >= 0.6 is 11.6 Å². The van der Waals surface area contributed by atoms with E-state index >= 15 is 0 Å². The van der Waals surface area contributed by atoms with Gasteiger partial charge in [0.05, 0.1) is 30.0 Å². The smallest absolute Gasteiger partial charge is 0.245 e. The van der Waals surface area contributed by atoms with Crippen LogP contribution in [0.15, 0.2) is 12.1 Å². The van der Waals surface area contributed by atoms with E-state index in [1.807, 2.05) is 6.07 Å². The van der Waals surface area contributed by atoms with Crippen molar-refractivity contribution < 1.29 is 9.53 Å². The van der Waals surface area contributed by atoms with Gasteiger partial charge in [-0.05, 0) is 18.6 Å². The predicted molar refractivity (Wildman–Crippen MR) is 79.3 cm³/mol. The van der Waals surface area contributed by atoms with Crippen molar-refractivity contribution in [2.75, 3.05) is 30.0 Å². The highest BCUT2D eigenvalue weighted by Gasteiger charge is 2.30. The van der Waals surface area contributed by atoms with Crippen LogP contribution in [0.1, 0.15) is 24.9 Å². The zero-order chi connectivity index (χ0) is 14.3. The molecule has 108 valence electrons. The predicted octanol–water partition coefficient (Wildman–Crippen LogP) is 1.91. The van der Waals surface area contributed by atoms with Crippen molar-refractivity contribution in [3.8, 4) is 0 Å². The van der Waals surface area contributed by atoms with Crippen LogP contribution < -0.4 is 16.0 Å². The highest BCUT2D eigenvalue weighted by molar-refractivity contribution is 6.33. The number of nitrogens with zero attached hydrogens (tertiary/aromatic N) is 1. The summed E-state index contributed by atoms with van der Waals surface area (Å²) in [6, 6.07) is 3.42. The van der Waals surface area contributed by atoms with Gasteiger partial charge < -0.3 is 20.7 Å². The van der Waals surface area contributed by atoms with Crippen molar-refractivity contribution in [2.45, 2.75) is 25.4 Å². The van der Waals surface area contributed by atoms with Crippen molar-refractivity contribution in [1.82, 2.24) is 0 Å². The lowest BCUT2D eigenvalue weighted by atomic mass is 10.1. The summed E-state index contributed by atoms with van der Waals surface area (Å²) in [7, 11) is 0. The van der Waals surface area contributed by atoms with Crippen LogP contribution in [0.2, 0.25) is 5.02 Å². The van der Waals surface area contributed by atoms with Gasteiger partial charge in [0.2, 0.25) is 5.91 Å². The molecule has 2 atom stereocenters. The molecule has 1 fully saturated rings. The molecule has 5 nitrogen and oxygen atoms in total. The molecule has 20 heavy (non-hydrogen) atoms. The molecule has 2 aliphatic heterocycles. The summed E-state index contributed by atoms with van der Waals surface area (Å²) in [4.78, 5) is 13.9. The average molecular weight is 296 g/mol. The Hall–Kier alpha value is -1.30. The minimum atomic E-state index is -0.622. The maximum absolute atomic E-state index is 11.6. The molecule has 2 aliphatic rings. The molecule has 0 aliphatic carbocycles. The first-order valence-corrected chi connectivity index (χ1v) is 7.24. The van der Waals surface area contributed by atoms with Crippen LogP contribution in [0.5, 0.6) is 0 Å². The van der Waals surface area contributed by atoms with E-state index in [0.29, 0.717) is 24.3 Å². The Labute approximate surface area is 123 Å². The van der Waals surface area contributed by atoms with Crippen molar-refractivity contribution >= 4 is 28.9 Å². The number of benzene rings is 1. The summed E-state index contributed by atoms with van der Waals surface area (Å²) < 4.78 is 5.52. The average Bonchev–Trinajstić information content (AvgIpc) is 2.73. The van der Waals surface area contributed by atoms with E-state index in [0.717, 1.165) is 29.9 Å². The van der Waals surface area contributed by atoms with Crippen LogP contribution in [-0.2, 0) is 9.53 Å². The number of carbonyl (C=O) groups excluding carboxylic acids is 1. The summed E-state index contributed by atoms with van der Waals surface area (Å²) in [6.45, 7) is 4.33. The third kappa shape index (κ3) is 2.16. The SMILES string of the molecule is CCC1COCCN1c1cc2c(cc1Cl)C(N)C(=O)N2. The maximum atomic E-state index is 11.6. The first-order chi connectivity index (χ1) is 9.61. The summed E-state index contributed by atoms with van der Waals surface area (Å²) in [5.74, 6) is -0.178. The third-order valence-electron chi connectivity index (χ3n) is 4.00. The number of ether oxygens (including phenoxy) is 1. The summed E-state index contributed by atoms with van der Waals surface area (Å²) in [5, 5.41) is 3.44. The van der Waals surface area contributed by atoms with Crippen LogP contribution in [0, 0.1) is 0 Å². The number of nitrogens with two attached hydrogens (primary N) is 1. The second-order valence-corrected chi connectivity index (χ2v) is 5.60. The van der Waals surface area contributed by atoms with E-state index in [4.69, 9.17) is 22.1 Å². The molecule has 6 heteroatoms. The Morgan fingerprint density at radius 2 is 2.35 bits per heavy atom. The second kappa shape index (κ2) is 5.24. The highest BCUT2D eigenvalue weighted by atomic mass is 35.5. The fraction of sp³-hybridized carbons (Fsp3) is 0.500. The van der Waals surface area contributed by atoms with Gasteiger partial charge >= 0.3 is 0 Å². The van der Waals surface area contributed by atoms with E-state index in [-0.39, 0.29) is 5.91 Å². The monoisotopic (exact) mass is 295 g/mol. The van der Waals surface area contributed by atoms with Gasteiger partial charge in [-0.25, -0.2) is 0 Å². The minimum Gasteiger partial charge on any atom is -0.377 e. The molecule has 2 heterocycles. The lowest BCUT2D eigenvalue weighted by Crippen LogP contribution is -2.45. The van der Waals surface area contributed by atoms with Crippen LogP contribution in [0.25, 0.3) is 0 Å². The third-order valence-corrected chi connectivity index (χ3v) is 4.31. The number of hydrogen-bond acceptors (Lipinski definition) is 4. The first kappa shape index (κ1) is 13.7. The molecule has 0 radical (unpaired) electrons.